The number of fused-ring (bicyclic) bond motifs is 4. The third-order valence-corrected chi connectivity index (χ3v) is 9.15. The Kier molecular flexibility index (Phi) is 7.69. The van der Waals surface area contributed by atoms with Crippen molar-refractivity contribution in [2.24, 2.45) is 5.92 Å². The predicted octanol–water partition coefficient (Wildman–Crippen LogP) is 4.71. The molecular formula is C23H37ClN2O2S. The molecule has 0 saturated carbocycles. The van der Waals surface area contributed by atoms with Crippen molar-refractivity contribution in [1.29, 1.82) is 0 Å². The summed E-state index contributed by atoms with van der Waals surface area (Å²) in [5, 5.41) is 0. The number of unbranched alkanes of at least 4 members (excludes halogenated alkanes) is 3. The number of sulfonamides is 1. The smallest absolute Gasteiger partial charge is 0.214 e. The minimum Gasteiger partial charge on any atom is -0.296 e. The van der Waals surface area contributed by atoms with Crippen LogP contribution in [0.4, 0.5) is 0 Å². The highest BCUT2D eigenvalue weighted by Gasteiger charge is 2.45. The maximum absolute atomic E-state index is 13.2. The van der Waals surface area contributed by atoms with Crippen LogP contribution in [0.1, 0.15) is 74.6 Å². The molecule has 3 aliphatic rings. The molecule has 0 aliphatic carbocycles. The zero-order chi connectivity index (χ0) is 19.7. The van der Waals surface area contributed by atoms with Gasteiger partial charge < -0.3 is 0 Å². The second-order valence-corrected chi connectivity index (χ2v) is 11.2. The Labute approximate surface area is 183 Å². The van der Waals surface area contributed by atoms with Crippen LogP contribution in [0.25, 0.3) is 0 Å². The summed E-state index contributed by atoms with van der Waals surface area (Å²) in [6.45, 7) is 7.24. The number of piperidine rings is 2. The minimum absolute atomic E-state index is 0. The fourth-order valence-electron chi connectivity index (χ4n) is 5.72. The molecule has 0 N–H and O–H groups in total. The number of hydrogen-bond acceptors (Lipinski definition) is 3. The zero-order valence-corrected chi connectivity index (χ0v) is 19.6. The summed E-state index contributed by atoms with van der Waals surface area (Å²) in [4.78, 5) is 2.64. The lowest BCUT2D eigenvalue weighted by atomic mass is 9.77. The Hall–Kier alpha value is -0.620. The molecular weight excluding hydrogens is 404 g/mol. The van der Waals surface area contributed by atoms with E-state index in [1.807, 2.05) is 4.31 Å². The normalized spacial score (nSPS) is 27.4. The van der Waals surface area contributed by atoms with E-state index in [0.29, 0.717) is 17.7 Å². The first-order valence-electron chi connectivity index (χ1n) is 11.3. The monoisotopic (exact) mass is 440 g/mol. The molecule has 3 atom stereocenters. The van der Waals surface area contributed by atoms with Gasteiger partial charge in [-0.05, 0) is 56.1 Å². The van der Waals surface area contributed by atoms with E-state index in [1.165, 1.54) is 23.1 Å². The number of hydrogen-bond donors (Lipinski definition) is 0. The van der Waals surface area contributed by atoms with Gasteiger partial charge in [-0.1, -0.05) is 49.9 Å². The third-order valence-electron chi connectivity index (χ3n) is 7.18. The summed E-state index contributed by atoms with van der Waals surface area (Å²) < 4.78 is 28.3. The van der Waals surface area contributed by atoms with Gasteiger partial charge in [-0.25, -0.2) is 8.42 Å². The number of nitrogens with zero attached hydrogens (tertiary/aromatic N) is 2. The van der Waals surface area contributed by atoms with Crippen LogP contribution in [-0.4, -0.2) is 49.1 Å². The van der Waals surface area contributed by atoms with E-state index in [9.17, 15) is 8.42 Å². The Bertz CT molecular complexity index is 798. The Balaban J connectivity index is 0.00000240. The fourth-order valence-corrected chi connectivity index (χ4v) is 7.60. The van der Waals surface area contributed by atoms with Crippen LogP contribution in [-0.2, 0) is 16.4 Å². The van der Waals surface area contributed by atoms with Crippen LogP contribution in [0, 0.1) is 12.8 Å². The largest absolute Gasteiger partial charge is 0.296 e. The first-order chi connectivity index (χ1) is 13.5. The molecule has 0 unspecified atom stereocenters. The molecule has 29 heavy (non-hydrogen) atoms. The molecule has 1 aromatic carbocycles. The summed E-state index contributed by atoms with van der Waals surface area (Å²) in [5.74, 6) is 0.836. The van der Waals surface area contributed by atoms with Crippen molar-refractivity contribution in [3.05, 3.63) is 34.9 Å². The lowest BCUT2D eigenvalue weighted by Crippen LogP contribution is -2.57. The lowest BCUT2D eigenvalue weighted by molar-refractivity contribution is 0.0220. The van der Waals surface area contributed by atoms with E-state index >= 15 is 0 Å². The van der Waals surface area contributed by atoms with Gasteiger partial charge >= 0.3 is 0 Å². The maximum Gasteiger partial charge on any atom is 0.214 e. The van der Waals surface area contributed by atoms with Crippen LogP contribution in [0.2, 0.25) is 0 Å². The number of rotatable bonds is 6. The van der Waals surface area contributed by atoms with Crippen molar-refractivity contribution in [3.8, 4) is 0 Å². The molecule has 0 amide bonds. The van der Waals surface area contributed by atoms with Crippen molar-refractivity contribution in [1.82, 2.24) is 9.21 Å². The van der Waals surface area contributed by atoms with Gasteiger partial charge in [0.15, 0.2) is 0 Å². The fraction of sp³-hybridized carbons (Fsp3) is 0.739. The van der Waals surface area contributed by atoms with Gasteiger partial charge in [0.25, 0.3) is 0 Å². The predicted molar refractivity (Wildman–Crippen MR) is 122 cm³/mol. The van der Waals surface area contributed by atoms with Crippen LogP contribution in [0.3, 0.4) is 0 Å². The summed E-state index contributed by atoms with van der Waals surface area (Å²) in [6.07, 6.45) is 8.40. The van der Waals surface area contributed by atoms with E-state index in [4.69, 9.17) is 0 Å². The highest BCUT2D eigenvalue weighted by atomic mass is 35.5. The van der Waals surface area contributed by atoms with Crippen molar-refractivity contribution in [3.63, 3.8) is 0 Å². The molecule has 3 aliphatic heterocycles. The average Bonchev–Trinajstić information content (AvgIpc) is 2.69. The van der Waals surface area contributed by atoms with Crippen molar-refractivity contribution in [2.75, 3.05) is 25.4 Å². The third kappa shape index (κ3) is 4.84. The second-order valence-electron chi connectivity index (χ2n) is 9.16. The summed E-state index contributed by atoms with van der Waals surface area (Å²) in [6, 6.07) is 7.44. The minimum atomic E-state index is -3.14. The van der Waals surface area contributed by atoms with Gasteiger partial charge in [-0.2, -0.15) is 4.31 Å². The average molecular weight is 441 g/mol. The molecule has 2 fully saturated rings. The highest BCUT2D eigenvalue weighted by Crippen LogP contribution is 2.43. The molecule has 4 nitrogen and oxygen atoms in total. The van der Waals surface area contributed by atoms with Crippen molar-refractivity contribution < 1.29 is 8.42 Å². The van der Waals surface area contributed by atoms with Gasteiger partial charge in [-0.3, -0.25) is 4.90 Å². The van der Waals surface area contributed by atoms with Crippen molar-refractivity contribution >= 4 is 22.4 Å². The number of halogens is 1. The molecule has 0 aromatic heterocycles. The Morgan fingerprint density at radius 2 is 1.97 bits per heavy atom. The summed E-state index contributed by atoms with van der Waals surface area (Å²) in [7, 11) is -3.14. The highest BCUT2D eigenvalue weighted by molar-refractivity contribution is 7.89. The molecule has 0 bridgehead atoms. The van der Waals surface area contributed by atoms with Crippen LogP contribution in [0.5, 0.6) is 0 Å². The Morgan fingerprint density at radius 1 is 1.14 bits per heavy atom. The van der Waals surface area contributed by atoms with Gasteiger partial charge in [0, 0.05) is 31.7 Å². The summed E-state index contributed by atoms with van der Waals surface area (Å²) in [5.41, 5.74) is 4.25. The van der Waals surface area contributed by atoms with Crippen molar-refractivity contribution in [2.45, 2.75) is 77.3 Å². The zero-order valence-electron chi connectivity index (χ0n) is 18.0. The standard InChI is InChI=1S/C23H36N2O2S.ClH/c1-3-4-5-6-14-28(26,27)25-12-7-8-20-17-24-13-11-19-15-18(2)9-10-21(19)23(24)16-22(20)25;/h9-10,15,20,22-23H,3-8,11-14,16-17H2,1-2H3;1H/t20-,22+,23+;/m1./s1. The van der Waals surface area contributed by atoms with Gasteiger partial charge in [0.1, 0.15) is 0 Å². The maximum atomic E-state index is 13.2. The van der Waals surface area contributed by atoms with E-state index in [0.717, 1.165) is 64.6 Å². The van der Waals surface area contributed by atoms with E-state index in [1.54, 1.807) is 0 Å². The Morgan fingerprint density at radius 3 is 2.76 bits per heavy atom. The van der Waals surface area contributed by atoms with Gasteiger partial charge in [0.05, 0.1) is 5.75 Å². The molecule has 3 heterocycles. The molecule has 4 rings (SSSR count). The topological polar surface area (TPSA) is 40.6 Å². The van der Waals surface area contributed by atoms with E-state index in [2.05, 4.69) is 36.9 Å². The molecule has 2 saturated heterocycles. The SMILES string of the molecule is CCCCCCS(=O)(=O)N1CCC[C@@H]2CN3CCc4cc(C)ccc4[C@@H]3C[C@@H]21.Cl. The lowest BCUT2D eigenvalue weighted by Gasteiger charge is -2.51. The van der Waals surface area contributed by atoms with E-state index in [-0.39, 0.29) is 18.4 Å². The van der Waals surface area contributed by atoms with Crippen LogP contribution >= 0.6 is 12.4 Å². The summed E-state index contributed by atoms with van der Waals surface area (Å²) >= 11 is 0. The second kappa shape index (κ2) is 9.67. The number of benzene rings is 1. The quantitative estimate of drug-likeness (QED) is 0.601. The molecule has 164 valence electrons. The van der Waals surface area contributed by atoms with Crippen LogP contribution < -0.4 is 0 Å². The molecule has 1 aromatic rings. The van der Waals surface area contributed by atoms with Gasteiger partial charge in [-0.15, -0.1) is 12.4 Å². The van der Waals surface area contributed by atoms with E-state index < -0.39 is 10.0 Å². The van der Waals surface area contributed by atoms with Crippen LogP contribution in [0.15, 0.2) is 18.2 Å². The van der Waals surface area contributed by atoms with Gasteiger partial charge in [0.2, 0.25) is 10.0 Å². The number of aryl methyl sites for hydroxylation is 1. The first-order valence-corrected chi connectivity index (χ1v) is 12.9. The molecule has 0 radical (unpaired) electrons. The first kappa shape index (κ1) is 23.1. The molecule has 6 heteroatoms. The molecule has 0 spiro atoms.